The van der Waals surface area contributed by atoms with E-state index < -0.39 is 10.8 Å². The first kappa shape index (κ1) is 27.5. The van der Waals surface area contributed by atoms with Crippen molar-refractivity contribution in [2.45, 2.75) is 49.6 Å². The Hall–Kier alpha value is -2.62. The minimum absolute atomic E-state index is 0.879. The molecule has 0 fully saturated rings. The third kappa shape index (κ3) is 5.35. The molecule has 2 heterocycles. The third-order valence-corrected chi connectivity index (χ3v) is 11.1. The summed E-state index contributed by atoms with van der Waals surface area (Å²) in [5.74, 6) is 0. The van der Waals surface area contributed by atoms with Crippen LogP contribution in [-0.4, -0.2) is 17.6 Å². The molecule has 8 heteroatoms. The van der Waals surface area contributed by atoms with E-state index in [9.17, 15) is 4.21 Å². The Bertz CT molecular complexity index is 1820. The second-order valence-corrected chi connectivity index (χ2v) is 14.3. The van der Waals surface area contributed by atoms with Gasteiger partial charge in [-0.1, -0.05) is 52.6 Å². The normalized spacial score (nSPS) is 18.0. The standard InChI is InChI=1S/C32H32N2O2S4/c1-5-33-27-19-25(39-36-3)11-13-29(27)37-31(33)17-21-7-9-23-10-8-22(16-24(23)15-21)18-32-34(6-2)28-20-26(40(4)35)12-14-30(28)38-32/h7-14,17-20H,5-6,15-16H2,1-4H3/q+2/b21-17+,22-18+. The number of rotatable bonds is 7. The number of thiazole rings is 2. The van der Waals surface area contributed by atoms with Crippen molar-refractivity contribution in [2.24, 2.45) is 0 Å². The zero-order chi connectivity index (χ0) is 27.8. The Balaban J connectivity index is 1.27. The smallest absolute Gasteiger partial charge is 0.263 e. The molecule has 40 heavy (non-hydrogen) atoms. The lowest BCUT2D eigenvalue weighted by atomic mass is 9.85. The van der Waals surface area contributed by atoms with Crippen molar-refractivity contribution in [3.8, 4) is 0 Å². The minimum Gasteiger partial charge on any atom is -0.314 e. The van der Waals surface area contributed by atoms with Crippen molar-refractivity contribution in [1.29, 1.82) is 0 Å². The zero-order valence-corrected chi connectivity index (χ0v) is 26.4. The Morgan fingerprint density at radius 1 is 0.875 bits per heavy atom. The molecule has 2 aliphatic carbocycles. The highest BCUT2D eigenvalue weighted by molar-refractivity contribution is 7.94. The number of benzene rings is 2. The summed E-state index contributed by atoms with van der Waals surface area (Å²) in [4.78, 5) is 2.00. The molecule has 0 saturated carbocycles. The van der Waals surface area contributed by atoms with Crippen LogP contribution in [0.2, 0.25) is 0 Å². The Morgan fingerprint density at radius 3 is 2.00 bits per heavy atom. The van der Waals surface area contributed by atoms with Crippen LogP contribution in [0.15, 0.2) is 92.8 Å². The quantitative estimate of drug-likeness (QED) is 0.159. The molecule has 0 bridgehead atoms. The minimum atomic E-state index is -0.985. The van der Waals surface area contributed by atoms with Gasteiger partial charge in [-0.15, -0.1) is 0 Å². The molecule has 0 N–H and O–H groups in total. The first-order valence-corrected chi connectivity index (χ1v) is 17.4. The number of hydrogen-bond donors (Lipinski definition) is 0. The zero-order valence-electron chi connectivity index (χ0n) is 23.1. The SMILES string of the molecule is CC[n+]1c(/C=C2\C=CC3=C(C2)C/C(=C/c2sc4ccc(S(C)=O)cc4[n+]2CC)C=C3)sc2ccc(SOC)cc21. The van der Waals surface area contributed by atoms with Gasteiger partial charge < -0.3 is 4.18 Å². The van der Waals surface area contributed by atoms with Crippen molar-refractivity contribution in [3.05, 3.63) is 93.0 Å². The van der Waals surface area contributed by atoms with Gasteiger partial charge in [-0.05, 0) is 67.7 Å². The molecule has 1 atom stereocenters. The van der Waals surface area contributed by atoms with Crippen molar-refractivity contribution < 1.29 is 17.5 Å². The number of aryl methyl sites for hydroxylation is 2. The van der Waals surface area contributed by atoms with Crippen LogP contribution in [0, 0.1) is 0 Å². The Kier molecular flexibility index (Phi) is 8.06. The summed E-state index contributed by atoms with van der Waals surface area (Å²) >= 11 is 5.06. The lowest BCUT2D eigenvalue weighted by Crippen LogP contribution is -2.33. The molecule has 204 valence electrons. The van der Waals surface area contributed by atoms with E-state index in [2.05, 4.69) is 89.8 Å². The molecule has 0 aliphatic heterocycles. The van der Waals surface area contributed by atoms with Crippen LogP contribution in [0.25, 0.3) is 32.6 Å². The van der Waals surface area contributed by atoms with Crippen LogP contribution in [0.5, 0.6) is 0 Å². The Labute approximate surface area is 250 Å². The molecular weight excluding hydrogens is 573 g/mol. The first-order valence-electron chi connectivity index (χ1n) is 13.4. The van der Waals surface area contributed by atoms with E-state index in [-0.39, 0.29) is 0 Å². The molecule has 2 aromatic carbocycles. The lowest BCUT2D eigenvalue weighted by Gasteiger charge is -2.20. The number of hydrogen-bond acceptors (Lipinski definition) is 5. The van der Waals surface area contributed by atoms with Crippen molar-refractivity contribution in [1.82, 2.24) is 0 Å². The van der Waals surface area contributed by atoms with Crippen LogP contribution in [0.3, 0.4) is 0 Å². The summed E-state index contributed by atoms with van der Waals surface area (Å²) in [6, 6.07) is 12.7. The van der Waals surface area contributed by atoms with Crippen LogP contribution >= 0.6 is 34.7 Å². The van der Waals surface area contributed by atoms with Gasteiger partial charge in [-0.25, -0.2) is 0 Å². The summed E-state index contributed by atoms with van der Waals surface area (Å²) in [5, 5.41) is 2.52. The predicted octanol–water partition coefficient (Wildman–Crippen LogP) is 7.81. The van der Waals surface area contributed by atoms with Gasteiger partial charge >= 0.3 is 0 Å². The summed E-state index contributed by atoms with van der Waals surface area (Å²) in [6.45, 7) is 6.20. The van der Waals surface area contributed by atoms with Crippen molar-refractivity contribution in [3.63, 3.8) is 0 Å². The van der Waals surface area contributed by atoms with E-state index in [1.807, 2.05) is 17.4 Å². The van der Waals surface area contributed by atoms with Gasteiger partial charge in [0.1, 0.15) is 22.5 Å². The number of fused-ring (bicyclic) bond motifs is 2. The highest BCUT2D eigenvalue weighted by Crippen LogP contribution is 2.36. The summed E-state index contributed by atoms with van der Waals surface area (Å²) in [5.41, 5.74) is 7.91. The summed E-state index contributed by atoms with van der Waals surface area (Å²) in [6.07, 6.45) is 17.4. The van der Waals surface area contributed by atoms with Gasteiger partial charge in [0.15, 0.2) is 0 Å². The van der Waals surface area contributed by atoms with E-state index >= 15 is 0 Å². The van der Waals surface area contributed by atoms with Crippen LogP contribution in [0.1, 0.15) is 36.7 Å². The van der Waals surface area contributed by atoms with Gasteiger partial charge in [0, 0.05) is 52.4 Å². The molecule has 0 saturated heterocycles. The molecule has 6 rings (SSSR count). The molecule has 1 unspecified atom stereocenters. The van der Waals surface area contributed by atoms with Crippen molar-refractivity contribution >= 4 is 78.1 Å². The molecule has 2 aliphatic rings. The summed E-state index contributed by atoms with van der Waals surface area (Å²) < 4.78 is 24.6. The molecule has 0 spiro atoms. The fourth-order valence-electron chi connectivity index (χ4n) is 5.43. The van der Waals surface area contributed by atoms with E-state index in [0.29, 0.717) is 0 Å². The van der Waals surface area contributed by atoms with Gasteiger partial charge in [0.05, 0.1) is 17.9 Å². The van der Waals surface area contributed by atoms with E-state index in [0.717, 1.165) is 41.2 Å². The fourth-order valence-corrected chi connectivity index (χ4v) is 8.81. The lowest BCUT2D eigenvalue weighted by molar-refractivity contribution is -0.665. The Morgan fingerprint density at radius 2 is 1.45 bits per heavy atom. The predicted molar refractivity (Wildman–Crippen MR) is 171 cm³/mol. The summed E-state index contributed by atoms with van der Waals surface area (Å²) in [7, 11) is 0.726. The van der Waals surface area contributed by atoms with Gasteiger partial charge in [0.25, 0.3) is 10.0 Å². The monoisotopic (exact) mass is 604 g/mol. The van der Waals surface area contributed by atoms with Gasteiger partial charge in [-0.3, -0.25) is 4.21 Å². The largest absolute Gasteiger partial charge is 0.314 e. The molecule has 4 nitrogen and oxygen atoms in total. The third-order valence-electron chi connectivity index (χ3n) is 7.36. The maximum atomic E-state index is 12.1. The van der Waals surface area contributed by atoms with E-state index in [1.54, 1.807) is 24.7 Å². The first-order chi connectivity index (χ1) is 19.5. The van der Waals surface area contributed by atoms with Gasteiger partial charge in [-0.2, -0.15) is 9.13 Å². The molecule has 2 aromatic heterocycles. The van der Waals surface area contributed by atoms with Crippen LogP contribution in [0.4, 0.5) is 0 Å². The van der Waals surface area contributed by atoms with E-state index in [1.165, 1.54) is 59.3 Å². The van der Waals surface area contributed by atoms with Crippen LogP contribution < -0.4 is 9.13 Å². The average molecular weight is 605 g/mol. The maximum Gasteiger partial charge on any atom is 0.263 e. The van der Waals surface area contributed by atoms with Crippen molar-refractivity contribution in [2.75, 3.05) is 13.4 Å². The van der Waals surface area contributed by atoms with Crippen LogP contribution in [-0.2, 0) is 28.1 Å². The number of allylic oxidation sites excluding steroid dienone is 8. The maximum absolute atomic E-state index is 12.1. The highest BCUT2D eigenvalue weighted by atomic mass is 32.2. The van der Waals surface area contributed by atoms with E-state index in [4.69, 9.17) is 4.18 Å². The van der Waals surface area contributed by atoms with Gasteiger partial charge in [0.2, 0.25) is 11.0 Å². The molecule has 0 radical (unpaired) electrons. The second-order valence-electron chi connectivity index (χ2n) is 9.85. The molecule has 4 aromatic rings. The number of nitrogens with zero attached hydrogens (tertiary/aromatic N) is 2. The molecule has 0 amide bonds. The molecular formula is C32H32N2O2S4+2. The number of aromatic nitrogens is 2. The highest BCUT2D eigenvalue weighted by Gasteiger charge is 2.23. The fraction of sp³-hybridized carbons (Fsp3) is 0.250. The average Bonchev–Trinajstić information content (AvgIpc) is 3.48. The topological polar surface area (TPSA) is 34.1 Å². The second kappa shape index (κ2) is 11.7.